The SMILES string of the molecule is CP(C)(=O)Oc1cc(OP(C)(C)=O)cc(O[PH](C)(C)O)c1. The minimum absolute atomic E-state index is 0.280. The number of rotatable bonds is 6. The van der Waals surface area contributed by atoms with Crippen LogP contribution in [0.5, 0.6) is 17.2 Å². The molecule has 122 valence electrons. The molecule has 0 aliphatic rings. The summed E-state index contributed by atoms with van der Waals surface area (Å²) in [5, 5.41) is 0. The van der Waals surface area contributed by atoms with Crippen molar-refractivity contribution in [2.45, 2.75) is 0 Å². The van der Waals surface area contributed by atoms with E-state index in [1.54, 1.807) is 13.3 Å². The first kappa shape index (κ1) is 18.5. The van der Waals surface area contributed by atoms with Crippen molar-refractivity contribution in [1.29, 1.82) is 0 Å². The molecule has 0 amide bonds. The van der Waals surface area contributed by atoms with Crippen LogP contribution >= 0.6 is 22.5 Å². The van der Waals surface area contributed by atoms with Crippen LogP contribution in [0.1, 0.15) is 0 Å². The van der Waals surface area contributed by atoms with Crippen LogP contribution in [0.3, 0.4) is 0 Å². The third-order valence-corrected chi connectivity index (χ3v) is 3.91. The van der Waals surface area contributed by atoms with E-state index in [-0.39, 0.29) is 11.5 Å². The standard InChI is InChI=1S/C12H23O6P3/c1-19(2,13)16-10-7-11(17-20(3,4)14)9-12(8-10)18-21(5,6)15/h7-9,13,19H,1-6H3. The summed E-state index contributed by atoms with van der Waals surface area (Å²) >= 11 is 0. The van der Waals surface area contributed by atoms with Crippen LogP contribution in [0.15, 0.2) is 18.2 Å². The molecule has 0 unspecified atom stereocenters. The van der Waals surface area contributed by atoms with E-state index in [9.17, 15) is 14.0 Å². The van der Waals surface area contributed by atoms with Crippen LogP contribution in [0.2, 0.25) is 0 Å². The quantitative estimate of drug-likeness (QED) is 0.782. The molecule has 0 aliphatic carbocycles. The molecule has 0 heterocycles. The van der Waals surface area contributed by atoms with Gasteiger partial charge in [-0.2, -0.15) is 0 Å². The molecule has 1 N–H and O–H groups in total. The maximum absolute atomic E-state index is 11.8. The molecule has 21 heavy (non-hydrogen) atoms. The Morgan fingerprint density at radius 3 is 1.48 bits per heavy atom. The first-order valence-electron chi connectivity index (χ1n) is 6.29. The predicted octanol–water partition coefficient (Wildman–Crippen LogP) is 3.73. The molecule has 0 saturated carbocycles. The topological polar surface area (TPSA) is 82.1 Å². The van der Waals surface area contributed by atoms with Gasteiger partial charge in [0.25, 0.3) is 0 Å². The summed E-state index contributed by atoms with van der Waals surface area (Å²) in [5.74, 6) is 0.883. The number of hydrogen-bond donors (Lipinski definition) is 1. The fourth-order valence-electron chi connectivity index (χ4n) is 1.51. The summed E-state index contributed by atoms with van der Waals surface area (Å²) in [6.07, 6.45) is 0. The molecular weight excluding hydrogens is 333 g/mol. The van der Waals surface area contributed by atoms with E-state index in [4.69, 9.17) is 13.6 Å². The summed E-state index contributed by atoms with van der Waals surface area (Å²) in [6, 6.07) is 4.54. The molecule has 0 aliphatic heterocycles. The molecule has 0 aromatic heterocycles. The van der Waals surface area contributed by atoms with Crippen molar-refractivity contribution in [3.05, 3.63) is 18.2 Å². The van der Waals surface area contributed by atoms with Crippen LogP contribution in [-0.2, 0) is 9.13 Å². The predicted molar refractivity (Wildman–Crippen MR) is 89.6 cm³/mol. The van der Waals surface area contributed by atoms with E-state index < -0.39 is 22.5 Å². The number of benzene rings is 1. The van der Waals surface area contributed by atoms with Gasteiger partial charge in [-0.05, 0) is 0 Å². The second kappa shape index (κ2) is 6.30. The van der Waals surface area contributed by atoms with E-state index in [1.807, 2.05) is 0 Å². The van der Waals surface area contributed by atoms with Gasteiger partial charge in [0.05, 0.1) is 0 Å². The van der Waals surface area contributed by atoms with Crippen LogP contribution in [0.4, 0.5) is 0 Å². The molecule has 9 heteroatoms. The summed E-state index contributed by atoms with van der Waals surface area (Å²) in [4.78, 5) is 9.84. The first-order chi connectivity index (χ1) is 9.23. The van der Waals surface area contributed by atoms with Crippen molar-refractivity contribution < 1.29 is 27.6 Å². The van der Waals surface area contributed by atoms with Crippen LogP contribution in [0, 0.1) is 0 Å². The average molecular weight is 356 g/mol. The minimum atomic E-state index is -2.81. The van der Waals surface area contributed by atoms with Crippen LogP contribution in [0.25, 0.3) is 0 Å². The average Bonchev–Trinajstić information content (AvgIpc) is 2.06. The van der Waals surface area contributed by atoms with Crippen molar-refractivity contribution in [3.63, 3.8) is 0 Å². The molecule has 0 spiro atoms. The van der Waals surface area contributed by atoms with Crippen LogP contribution in [-0.4, -0.2) is 44.9 Å². The molecule has 1 aromatic carbocycles. The van der Waals surface area contributed by atoms with E-state index in [1.165, 1.54) is 44.9 Å². The fraction of sp³-hybridized carbons (Fsp3) is 0.500. The van der Waals surface area contributed by atoms with E-state index in [0.717, 1.165) is 0 Å². The monoisotopic (exact) mass is 356 g/mol. The summed E-state index contributed by atoms with van der Waals surface area (Å²) < 4.78 is 39.7. The van der Waals surface area contributed by atoms with Crippen LogP contribution < -0.4 is 13.6 Å². The second-order valence-corrected chi connectivity index (χ2v) is 14.3. The fourth-order valence-corrected chi connectivity index (χ4v) is 3.43. The van der Waals surface area contributed by atoms with Crippen molar-refractivity contribution in [1.82, 2.24) is 0 Å². The van der Waals surface area contributed by atoms with Gasteiger partial charge in [0.2, 0.25) is 0 Å². The summed E-state index contributed by atoms with van der Waals surface area (Å²) in [7, 11) is -8.33. The summed E-state index contributed by atoms with van der Waals surface area (Å²) in [6.45, 7) is 9.14. The molecule has 1 aromatic rings. The maximum atomic E-state index is 11.8. The normalized spacial score (nSPS) is 13.7. The summed E-state index contributed by atoms with van der Waals surface area (Å²) in [5.41, 5.74) is 0. The van der Waals surface area contributed by atoms with E-state index in [0.29, 0.717) is 5.75 Å². The second-order valence-electron chi connectivity index (χ2n) is 5.88. The molecule has 0 atom stereocenters. The zero-order chi connectivity index (χ0) is 16.5. The Morgan fingerprint density at radius 2 is 1.19 bits per heavy atom. The van der Waals surface area contributed by atoms with Crippen molar-refractivity contribution in [2.24, 2.45) is 0 Å². The molecule has 1 rings (SSSR count). The van der Waals surface area contributed by atoms with Gasteiger partial charge in [-0.3, -0.25) is 0 Å². The third-order valence-electron chi connectivity index (χ3n) is 1.87. The Balaban J connectivity index is 3.19. The van der Waals surface area contributed by atoms with Gasteiger partial charge in [-0.1, -0.05) is 0 Å². The molecule has 0 fully saturated rings. The van der Waals surface area contributed by atoms with Gasteiger partial charge >= 0.3 is 125 Å². The Bertz CT molecular complexity index is 553. The van der Waals surface area contributed by atoms with Gasteiger partial charge in [0.15, 0.2) is 0 Å². The molecule has 0 radical (unpaired) electrons. The van der Waals surface area contributed by atoms with Gasteiger partial charge in [-0.15, -0.1) is 0 Å². The molecule has 0 saturated heterocycles. The Hall–Kier alpha value is -0.530. The van der Waals surface area contributed by atoms with Gasteiger partial charge in [0, 0.05) is 0 Å². The van der Waals surface area contributed by atoms with E-state index >= 15 is 0 Å². The van der Waals surface area contributed by atoms with Gasteiger partial charge in [0.1, 0.15) is 0 Å². The first-order valence-corrected chi connectivity index (χ1v) is 14.2. The number of hydrogen-bond acceptors (Lipinski definition) is 6. The Kier molecular flexibility index (Phi) is 5.56. The van der Waals surface area contributed by atoms with Gasteiger partial charge < -0.3 is 0 Å². The van der Waals surface area contributed by atoms with Crippen molar-refractivity contribution >= 4 is 22.5 Å². The zero-order valence-corrected chi connectivity index (χ0v) is 15.9. The van der Waals surface area contributed by atoms with E-state index in [2.05, 4.69) is 0 Å². The zero-order valence-electron chi connectivity index (χ0n) is 13.1. The van der Waals surface area contributed by atoms with Gasteiger partial charge in [-0.25, -0.2) is 0 Å². The Morgan fingerprint density at radius 1 is 0.857 bits per heavy atom. The molecule has 6 nitrogen and oxygen atoms in total. The Labute approximate surface area is 126 Å². The molecular formula is C12H23O6P3. The van der Waals surface area contributed by atoms with Crippen molar-refractivity contribution in [2.75, 3.05) is 40.0 Å². The molecule has 0 bridgehead atoms. The third kappa shape index (κ3) is 8.48. The van der Waals surface area contributed by atoms with Crippen molar-refractivity contribution in [3.8, 4) is 17.2 Å².